The van der Waals surface area contributed by atoms with Gasteiger partial charge in [-0.2, -0.15) is 5.26 Å². The number of amides is 3. The van der Waals surface area contributed by atoms with Gasteiger partial charge in [-0.15, -0.1) is 0 Å². The van der Waals surface area contributed by atoms with Crippen LogP contribution in [0.5, 0.6) is 0 Å². The molecular weight excluding hydrogens is 400 g/mol. The lowest BCUT2D eigenvalue weighted by molar-refractivity contribution is -0.143. The predicted molar refractivity (Wildman–Crippen MR) is 111 cm³/mol. The monoisotopic (exact) mass is 420 g/mol. The van der Waals surface area contributed by atoms with Gasteiger partial charge >= 0.3 is 5.97 Å². The summed E-state index contributed by atoms with van der Waals surface area (Å²) in [5.74, 6) is -1.69. The zero-order valence-corrected chi connectivity index (χ0v) is 16.8. The fraction of sp³-hybridized carbons (Fsp3) is 0.227. The van der Waals surface area contributed by atoms with Crippen molar-refractivity contribution in [3.05, 3.63) is 59.2 Å². The Bertz CT molecular complexity index is 1070. The van der Waals surface area contributed by atoms with Crippen molar-refractivity contribution in [3.63, 3.8) is 0 Å². The lowest BCUT2D eigenvalue weighted by Gasteiger charge is -2.19. The average molecular weight is 420 g/mol. The van der Waals surface area contributed by atoms with Crippen LogP contribution >= 0.6 is 0 Å². The van der Waals surface area contributed by atoms with E-state index in [0.717, 1.165) is 0 Å². The predicted octanol–water partition coefficient (Wildman–Crippen LogP) is 2.16. The summed E-state index contributed by atoms with van der Waals surface area (Å²) in [6.07, 6.45) is -0.0304. The number of nitrogens with one attached hydrogen (secondary N) is 2. The maximum atomic E-state index is 13.0. The molecule has 0 radical (unpaired) electrons. The third kappa shape index (κ3) is 5.25. The molecule has 1 aliphatic rings. The summed E-state index contributed by atoms with van der Waals surface area (Å²) >= 11 is 0. The quantitative estimate of drug-likeness (QED) is 0.689. The fourth-order valence-corrected chi connectivity index (χ4v) is 3.05. The molecule has 0 atom stereocenters. The first-order valence-corrected chi connectivity index (χ1v) is 9.61. The standard InChI is InChI=1S/C22H20N4O5/c1-2-31-20(28)9-10-26-13-19(27)25-18-8-7-16(11-17(18)22(26)30)24-21(29)15-5-3-14(12-23)4-6-15/h3-8,11H,2,9-10,13H2,1H3,(H,24,29)(H,25,27). The molecule has 0 fully saturated rings. The summed E-state index contributed by atoms with van der Waals surface area (Å²) in [5, 5.41) is 14.2. The number of carbonyl (C=O) groups is 4. The van der Waals surface area contributed by atoms with Gasteiger partial charge in [0.2, 0.25) is 5.91 Å². The first-order valence-electron chi connectivity index (χ1n) is 9.61. The van der Waals surface area contributed by atoms with E-state index in [4.69, 9.17) is 10.00 Å². The molecule has 0 unspecified atom stereocenters. The topological polar surface area (TPSA) is 129 Å². The van der Waals surface area contributed by atoms with Crippen molar-refractivity contribution in [1.29, 1.82) is 5.26 Å². The lowest BCUT2D eigenvalue weighted by atomic mass is 10.1. The van der Waals surface area contributed by atoms with Gasteiger partial charge < -0.3 is 20.3 Å². The number of hydrogen-bond acceptors (Lipinski definition) is 6. The molecule has 3 rings (SSSR count). The Kier molecular flexibility index (Phi) is 6.62. The van der Waals surface area contributed by atoms with E-state index in [2.05, 4.69) is 10.6 Å². The van der Waals surface area contributed by atoms with Crippen LogP contribution in [0, 0.1) is 11.3 Å². The molecule has 2 aromatic rings. The van der Waals surface area contributed by atoms with Crippen LogP contribution in [-0.4, -0.2) is 48.3 Å². The van der Waals surface area contributed by atoms with Gasteiger partial charge in [0, 0.05) is 17.8 Å². The second-order valence-electron chi connectivity index (χ2n) is 6.73. The lowest BCUT2D eigenvalue weighted by Crippen LogP contribution is -2.36. The molecule has 1 aliphatic heterocycles. The Labute approximate surface area is 178 Å². The fourth-order valence-electron chi connectivity index (χ4n) is 3.05. The minimum absolute atomic E-state index is 0.0304. The van der Waals surface area contributed by atoms with Crippen LogP contribution in [0.3, 0.4) is 0 Å². The van der Waals surface area contributed by atoms with Crippen LogP contribution < -0.4 is 10.6 Å². The third-order valence-corrected chi connectivity index (χ3v) is 4.57. The number of esters is 1. The summed E-state index contributed by atoms with van der Waals surface area (Å²) in [6, 6.07) is 12.7. The third-order valence-electron chi connectivity index (χ3n) is 4.57. The van der Waals surface area contributed by atoms with Crippen molar-refractivity contribution >= 4 is 35.1 Å². The number of ether oxygens (including phenoxy) is 1. The largest absolute Gasteiger partial charge is 0.466 e. The van der Waals surface area contributed by atoms with Gasteiger partial charge in [0.25, 0.3) is 11.8 Å². The van der Waals surface area contributed by atoms with Crippen molar-refractivity contribution in [1.82, 2.24) is 4.90 Å². The summed E-state index contributed by atoms with van der Waals surface area (Å²) in [6.45, 7) is 1.76. The molecule has 1 heterocycles. The minimum atomic E-state index is -0.455. The molecule has 2 N–H and O–H groups in total. The molecule has 0 bridgehead atoms. The second-order valence-corrected chi connectivity index (χ2v) is 6.73. The van der Waals surface area contributed by atoms with Gasteiger partial charge in [-0.05, 0) is 49.4 Å². The molecule has 0 aliphatic carbocycles. The van der Waals surface area contributed by atoms with E-state index in [1.807, 2.05) is 6.07 Å². The van der Waals surface area contributed by atoms with Gasteiger partial charge in [-0.25, -0.2) is 0 Å². The minimum Gasteiger partial charge on any atom is -0.466 e. The number of carbonyl (C=O) groups excluding carboxylic acids is 4. The van der Waals surface area contributed by atoms with E-state index < -0.39 is 17.8 Å². The number of rotatable bonds is 6. The Morgan fingerprint density at radius 3 is 2.61 bits per heavy atom. The smallest absolute Gasteiger partial charge is 0.307 e. The second kappa shape index (κ2) is 9.54. The SMILES string of the molecule is CCOC(=O)CCN1CC(=O)Nc2ccc(NC(=O)c3ccc(C#N)cc3)cc2C1=O. The highest BCUT2D eigenvalue weighted by Gasteiger charge is 2.27. The molecule has 158 valence electrons. The number of benzene rings is 2. The molecule has 0 aromatic heterocycles. The van der Waals surface area contributed by atoms with Crippen molar-refractivity contribution in [2.24, 2.45) is 0 Å². The zero-order chi connectivity index (χ0) is 22.4. The zero-order valence-electron chi connectivity index (χ0n) is 16.8. The maximum absolute atomic E-state index is 13.0. The number of anilines is 2. The van der Waals surface area contributed by atoms with E-state index in [9.17, 15) is 19.2 Å². The molecule has 3 amide bonds. The Balaban J connectivity index is 1.78. The highest BCUT2D eigenvalue weighted by Crippen LogP contribution is 2.25. The summed E-state index contributed by atoms with van der Waals surface area (Å²) in [4.78, 5) is 50.5. The number of fused-ring (bicyclic) bond motifs is 1. The number of nitriles is 1. The van der Waals surface area contributed by atoms with E-state index in [-0.39, 0.29) is 37.6 Å². The molecular formula is C22H20N4O5. The first-order chi connectivity index (χ1) is 14.9. The normalized spacial score (nSPS) is 12.8. The molecule has 0 saturated carbocycles. The Hall–Kier alpha value is -4.19. The highest BCUT2D eigenvalue weighted by atomic mass is 16.5. The summed E-state index contributed by atoms with van der Waals surface area (Å²) in [5.41, 5.74) is 1.68. The molecule has 9 heteroatoms. The van der Waals surface area contributed by atoms with Crippen molar-refractivity contribution in [2.75, 3.05) is 30.3 Å². The van der Waals surface area contributed by atoms with E-state index in [1.165, 1.54) is 41.3 Å². The Morgan fingerprint density at radius 2 is 1.94 bits per heavy atom. The van der Waals surface area contributed by atoms with Crippen LogP contribution in [-0.2, 0) is 14.3 Å². The highest BCUT2D eigenvalue weighted by molar-refractivity contribution is 6.10. The molecule has 0 spiro atoms. The van der Waals surface area contributed by atoms with Crippen LogP contribution in [0.25, 0.3) is 0 Å². The van der Waals surface area contributed by atoms with Crippen LogP contribution in [0.1, 0.15) is 39.6 Å². The van der Waals surface area contributed by atoms with Crippen LogP contribution in [0.15, 0.2) is 42.5 Å². The first kappa shape index (κ1) is 21.5. The maximum Gasteiger partial charge on any atom is 0.307 e. The van der Waals surface area contributed by atoms with Gasteiger partial charge in [0.1, 0.15) is 6.54 Å². The molecule has 0 saturated heterocycles. The van der Waals surface area contributed by atoms with E-state index in [1.54, 1.807) is 13.0 Å². The van der Waals surface area contributed by atoms with E-state index >= 15 is 0 Å². The van der Waals surface area contributed by atoms with E-state index in [0.29, 0.717) is 22.5 Å². The van der Waals surface area contributed by atoms with Gasteiger partial charge in [0.05, 0.1) is 35.9 Å². The molecule has 31 heavy (non-hydrogen) atoms. The van der Waals surface area contributed by atoms with Crippen molar-refractivity contribution < 1.29 is 23.9 Å². The summed E-state index contributed by atoms with van der Waals surface area (Å²) < 4.78 is 4.87. The Morgan fingerprint density at radius 1 is 1.19 bits per heavy atom. The van der Waals surface area contributed by atoms with Gasteiger partial charge in [0.15, 0.2) is 0 Å². The summed E-state index contributed by atoms with van der Waals surface area (Å²) in [7, 11) is 0. The van der Waals surface area contributed by atoms with Gasteiger partial charge in [-0.1, -0.05) is 0 Å². The molecule has 9 nitrogen and oxygen atoms in total. The van der Waals surface area contributed by atoms with Crippen molar-refractivity contribution in [3.8, 4) is 6.07 Å². The van der Waals surface area contributed by atoms with Gasteiger partial charge in [-0.3, -0.25) is 19.2 Å². The van der Waals surface area contributed by atoms with Crippen LogP contribution in [0.2, 0.25) is 0 Å². The van der Waals surface area contributed by atoms with Crippen molar-refractivity contribution in [2.45, 2.75) is 13.3 Å². The average Bonchev–Trinajstić information content (AvgIpc) is 2.88. The van der Waals surface area contributed by atoms with Crippen LogP contribution in [0.4, 0.5) is 11.4 Å². The molecule has 2 aromatic carbocycles. The number of nitrogens with zero attached hydrogens (tertiary/aromatic N) is 2. The number of hydrogen-bond donors (Lipinski definition) is 2.